The van der Waals surface area contributed by atoms with Gasteiger partial charge in [-0.15, -0.1) is 0 Å². The zero-order valence-corrected chi connectivity index (χ0v) is 6.66. The minimum absolute atomic E-state index is 0.254. The van der Waals surface area contributed by atoms with Gasteiger partial charge < -0.3 is 4.90 Å². The fourth-order valence-corrected chi connectivity index (χ4v) is 0.528. The van der Waals surface area contributed by atoms with Gasteiger partial charge in [-0.3, -0.25) is 10.0 Å². The predicted molar refractivity (Wildman–Crippen MR) is 37.7 cm³/mol. The average Bonchev–Trinajstić information content (AvgIpc) is 1.85. The molecule has 0 aliphatic rings. The number of amides is 1. The van der Waals surface area contributed by atoms with Crippen LogP contribution in [0.5, 0.6) is 0 Å². The quantitative estimate of drug-likeness (QED) is 0.442. The van der Waals surface area contributed by atoms with Crippen molar-refractivity contribution in [1.82, 2.24) is 9.96 Å². The Morgan fingerprint density at radius 2 is 2.00 bits per heavy atom. The molecule has 0 bridgehead atoms. The maximum Gasteiger partial charge on any atom is 0.260 e. The van der Waals surface area contributed by atoms with E-state index in [0.717, 1.165) is 0 Å². The fourth-order valence-electron chi connectivity index (χ4n) is 0.528. The summed E-state index contributed by atoms with van der Waals surface area (Å²) < 4.78 is 0. The first-order chi connectivity index (χ1) is 4.57. The molecule has 0 atom stereocenters. The Balaban J connectivity index is 3.62. The number of hydrogen-bond donors (Lipinski definition) is 1. The largest absolute Gasteiger partial charge is 0.301 e. The molecule has 0 spiro atoms. The maximum atomic E-state index is 10.8. The molecule has 0 aliphatic carbocycles. The molecule has 0 saturated carbocycles. The van der Waals surface area contributed by atoms with Crippen LogP contribution in [-0.4, -0.2) is 48.3 Å². The molecular formula is C6H14N2O2. The molecule has 0 unspecified atom stereocenters. The van der Waals surface area contributed by atoms with Crippen molar-refractivity contribution in [3.05, 3.63) is 0 Å². The summed E-state index contributed by atoms with van der Waals surface area (Å²) in [5.74, 6) is -0.271. The molecule has 4 nitrogen and oxygen atoms in total. The van der Waals surface area contributed by atoms with Gasteiger partial charge in [0.05, 0.1) is 6.54 Å². The van der Waals surface area contributed by atoms with Gasteiger partial charge in [-0.05, 0) is 21.0 Å². The molecule has 0 fully saturated rings. The third kappa shape index (κ3) is 3.42. The zero-order valence-electron chi connectivity index (χ0n) is 6.66. The minimum Gasteiger partial charge on any atom is -0.301 e. The molecule has 0 aromatic rings. The normalized spacial score (nSPS) is 10.1. The SMILES string of the molecule is CCN(O)C(=O)CN(C)C. The highest BCUT2D eigenvalue weighted by Gasteiger charge is 2.07. The molecule has 10 heavy (non-hydrogen) atoms. The van der Waals surface area contributed by atoms with Gasteiger partial charge >= 0.3 is 0 Å². The molecule has 0 rings (SSSR count). The van der Waals surface area contributed by atoms with Crippen molar-refractivity contribution in [3.8, 4) is 0 Å². The highest BCUT2D eigenvalue weighted by molar-refractivity contribution is 5.76. The van der Waals surface area contributed by atoms with E-state index >= 15 is 0 Å². The molecule has 1 N–H and O–H groups in total. The predicted octanol–water partition coefficient (Wildman–Crippen LogP) is -0.214. The van der Waals surface area contributed by atoms with E-state index in [2.05, 4.69) is 0 Å². The van der Waals surface area contributed by atoms with Crippen LogP contribution in [-0.2, 0) is 4.79 Å². The highest BCUT2D eigenvalue weighted by atomic mass is 16.5. The number of nitrogens with zero attached hydrogens (tertiary/aromatic N) is 2. The van der Waals surface area contributed by atoms with Gasteiger partial charge in [-0.25, -0.2) is 5.06 Å². The summed E-state index contributed by atoms with van der Waals surface area (Å²) in [6.07, 6.45) is 0. The van der Waals surface area contributed by atoms with E-state index in [9.17, 15) is 4.79 Å². The molecule has 0 heterocycles. The van der Waals surface area contributed by atoms with Crippen molar-refractivity contribution in [2.24, 2.45) is 0 Å². The summed E-state index contributed by atoms with van der Waals surface area (Å²) in [5, 5.41) is 9.54. The van der Waals surface area contributed by atoms with E-state index in [-0.39, 0.29) is 12.5 Å². The minimum atomic E-state index is -0.271. The Bertz CT molecular complexity index is 114. The molecule has 0 saturated heterocycles. The molecule has 4 heteroatoms. The van der Waals surface area contributed by atoms with Gasteiger partial charge in [0.25, 0.3) is 5.91 Å². The van der Waals surface area contributed by atoms with Gasteiger partial charge in [0.1, 0.15) is 0 Å². The Hall–Kier alpha value is -0.610. The van der Waals surface area contributed by atoms with E-state index in [4.69, 9.17) is 5.21 Å². The van der Waals surface area contributed by atoms with Crippen molar-refractivity contribution in [1.29, 1.82) is 0 Å². The van der Waals surface area contributed by atoms with Crippen LogP contribution in [0.2, 0.25) is 0 Å². The van der Waals surface area contributed by atoms with Crippen molar-refractivity contribution in [3.63, 3.8) is 0 Å². The van der Waals surface area contributed by atoms with Crippen LogP contribution in [0.4, 0.5) is 0 Å². The van der Waals surface area contributed by atoms with Crippen LogP contribution in [0.3, 0.4) is 0 Å². The summed E-state index contributed by atoms with van der Waals surface area (Å²) in [6.45, 7) is 2.31. The first-order valence-electron chi connectivity index (χ1n) is 3.22. The van der Waals surface area contributed by atoms with E-state index in [1.165, 1.54) is 0 Å². The van der Waals surface area contributed by atoms with Crippen LogP contribution >= 0.6 is 0 Å². The molecule has 0 aromatic heterocycles. The number of carbonyl (C=O) groups is 1. The second-order valence-corrected chi connectivity index (χ2v) is 2.35. The molecule has 0 aliphatic heterocycles. The molecule has 0 aromatic carbocycles. The number of likely N-dealkylation sites (N-methyl/N-ethyl adjacent to an activating group) is 2. The molecule has 1 amide bonds. The summed E-state index contributed by atoms with van der Waals surface area (Å²) in [7, 11) is 3.56. The zero-order chi connectivity index (χ0) is 8.15. The lowest BCUT2D eigenvalue weighted by Crippen LogP contribution is -2.35. The summed E-state index contributed by atoms with van der Waals surface area (Å²) in [6, 6.07) is 0. The van der Waals surface area contributed by atoms with Crippen molar-refractivity contribution in [2.75, 3.05) is 27.2 Å². The van der Waals surface area contributed by atoms with E-state index < -0.39 is 0 Å². The van der Waals surface area contributed by atoms with E-state index in [1.54, 1.807) is 25.9 Å². The van der Waals surface area contributed by atoms with Gasteiger partial charge in [0.2, 0.25) is 0 Å². The Morgan fingerprint density at radius 3 is 2.30 bits per heavy atom. The van der Waals surface area contributed by atoms with E-state index in [0.29, 0.717) is 11.6 Å². The Labute approximate surface area is 61.0 Å². The Morgan fingerprint density at radius 1 is 1.50 bits per heavy atom. The lowest BCUT2D eigenvalue weighted by Gasteiger charge is -2.14. The first kappa shape index (κ1) is 9.39. The molecule has 0 radical (unpaired) electrons. The smallest absolute Gasteiger partial charge is 0.260 e. The summed E-state index contributed by atoms with van der Waals surface area (Å²) >= 11 is 0. The summed E-state index contributed by atoms with van der Waals surface area (Å²) in [4.78, 5) is 12.5. The van der Waals surface area contributed by atoms with Crippen LogP contribution in [0.25, 0.3) is 0 Å². The standard InChI is InChI=1S/C6H14N2O2/c1-4-8(10)6(9)5-7(2)3/h10H,4-5H2,1-3H3. The number of hydroxylamine groups is 2. The first-order valence-corrected chi connectivity index (χ1v) is 3.22. The second kappa shape index (κ2) is 4.24. The molecular weight excluding hydrogens is 132 g/mol. The fraction of sp³-hybridized carbons (Fsp3) is 0.833. The van der Waals surface area contributed by atoms with Crippen LogP contribution in [0.15, 0.2) is 0 Å². The third-order valence-electron chi connectivity index (χ3n) is 1.04. The average molecular weight is 146 g/mol. The van der Waals surface area contributed by atoms with Crippen LogP contribution in [0, 0.1) is 0 Å². The van der Waals surface area contributed by atoms with Gasteiger partial charge in [0, 0.05) is 6.54 Å². The lowest BCUT2D eigenvalue weighted by atomic mass is 10.5. The van der Waals surface area contributed by atoms with Crippen molar-refractivity contribution < 1.29 is 10.0 Å². The maximum absolute atomic E-state index is 10.8. The number of hydrogen-bond acceptors (Lipinski definition) is 3. The van der Waals surface area contributed by atoms with Gasteiger partial charge in [-0.2, -0.15) is 0 Å². The van der Waals surface area contributed by atoms with Crippen molar-refractivity contribution >= 4 is 5.91 Å². The van der Waals surface area contributed by atoms with Crippen LogP contribution < -0.4 is 0 Å². The van der Waals surface area contributed by atoms with Crippen molar-refractivity contribution in [2.45, 2.75) is 6.92 Å². The third-order valence-corrected chi connectivity index (χ3v) is 1.04. The number of rotatable bonds is 3. The Kier molecular flexibility index (Phi) is 3.99. The van der Waals surface area contributed by atoms with Crippen LogP contribution in [0.1, 0.15) is 6.92 Å². The second-order valence-electron chi connectivity index (χ2n) is 2.35. The van der Waals surface area contributed by atoms with Gasteiger partial charge in [-0.1, -0.05) is 0 Å². The van der Waals surface area contributed by atoms with Gasteiger partial charge in [0.15, 0.2) is 0 Å². The summed E-state index contributed by atoms with van der Waals surface area (Å²) in [5.41, 5.74) is 0. The van der Waals surface area contributed by atoms with E-state index in [1.807, 2.05) is 0 Å². The topological polar surface area (TPSA) is 43.8 Å². The monoisotopic (exact) mass is 146 g/mol. The number of carbonyl (C=O) groups excluding carboxylic acids is 1. The lowest BCUT2D eigenvalue weighted by molar-refractivity contribution is -0.164. The molecule has 60 valence electrons. The highest BCUT2D eigenvalue weighted by Crippen LogP contribution is 1.84.